The Labute approximate surface area is 166 Å². The molecule has 0 unspecified atom stereocenters. The van der Waals surface area contributed by atoms with Crippen LogP contribution < -0.4 is 10.5 Å². The molecule has 4 rings (SSSR count). The highest BCUT2D eigenvalue weighted by Gasteiger charge is 2.12. The first-order valence-corrected chi connectivity index (χ1v) is 11.0. The Morgan fingerprint density at radius 1 is 1.18 bits per heavy atom. The van der Waals surface area contributed by atoms with Gasteiger partial charge in [-0.1, -0.05) is 47.2 Å². The van der Waals surface area contributed by atoms with Crippen LogP contribution in [-0.2, 0) is 16.4 Å². The zero-order valence-electron chi connectivity index (χ0n) is 15.2. The van der Waals surface area contributed by atoms with Crippen molar-refractivity contribution in [2.24, 2.45) is 5.14 Å². The molecule has 9 heteroatoms. The van der Waals surface area contributed by atoms with Gasteiger partial charge in [0.1, 0.15) is 0 Å². The summed E-state index contributed by atoms with van der Waals surface area (Å²) in [6.07, 6.45) is 2.57. The molecule has 144 valence electrons. The maximum absolute atomic E-state index is 11.3. The number of hydrogen-bond donors (Lipinski definition) is 2. The van der Waals surface area contributed by atoms with E-state index in [4.69, 9.17) is 5.14 Å². The van der Waals surface area contributed by atoms with Crippen LogP contribution in [0.2, 0.25) is 0 Å². The van der Waals surface area contributed by atoms with Crippen LogP contribution in [0.15, 0.2) is 59.6 Å². The van der Waals surface area contributed by atoms with E-state index in [1.54, 1.807) is 12.1 Å². The standard InChI is InChI=1S/C19H19N5O2S2/c1-13-3-2-4-15(11-13)17-12-22-19-24(17)23-18(27-19)21-10-9-14-5-7-16(8-6-14)28(20,25)26/h2-8,11-12H,9-10H2,1H3,(H,21,23)(H2,20,25,26). The third kappa shape index (κ3) is 3.91. The molecule has 2 aromatic carbocycles. The van der Waals surface area contributed by atoms with Gasteiger partial charge in [-0.2, -0.15) is 0 Å². The van der Waals surface area contributed by atoms with Crippen LogP contribution in [0, 0.1) is 6.92 Å². The minimum absolute atomic E-state index is 0.119. The SMILES string of the molecule is Cc1cccc(-c2cnc3sc(NCCc4ccc(S(N)(=O)=O)cc4)nn23)c1. The molecule has 28 heavy (non-hydrogen) atoms. The first kappa shape index (κ1) is 18.6. The Hall–Kier alpha value is -2.75. The average molecular weight is 414 g/mol. The summed E-state index contributed by atoms with van der Waals surface area (Å²) in [4.78, 5) is 5.40. The highest BCUT2D eigenvalue weighted by Crippen LogP contribution is 2.26. The Morgan fingerprint density at radius 2 is 1.96 bits per heavy atom. The van der Waals surface area contributed by atoms with Crippen molar-refractivity contribution >= 4 is 31.5 Å². The number of rotatable bonds is 6. The zero-order valence-corrected chi connectivity index (χ0v) is 16.8. The molecule has 0 atom stereocenters. The number of nitrogens with zero attached hydrogens (tertiary/aromatic N) is 3. The average Bonchev–Trinajstić information content (AvgIpc) is 3.21. The normalized spacial score (nSPS) is 11.8. The molecule has 2 aromatic heterocycles. The highest BCUT2D eigenvalue weighted by molar-refractivity contribution is 7.89. The summed E-state index contributed by atoms with van der Waals surface area (Å²) in [6.45, 7) is 2.73. The van der Waals surface area contributed by atoms with Crippen molar-refractivity contribution in [2.75, 3.05) is 11.9 Å². The molecule has 3 N–H and O–H groups in total. The third-order valence-electron chi connectivity index (χ3n) is 4.34. The molecule has 0 spiro atoms. The fourth-order valence-electron chi connectivity index (χ4n) is 2.92. The van der Waals surface area contributed by atoms with Crippen LogP contribution in [-0.4, -0.2) is 29.6 Å². The second-order valence-electron chi connectivity index (χ2n) is 6.48. The molecule has 0 aliphatic rings. The number of aryl methyl sites for hydroxylation is 1. The van der Waals surface area contributed by atoms with E-state index in [-0.39, 0.29) is 4.90 Å². The van der Waals surface area contributed by atoms with Gasteiger partial charge in [-0.25, -0.2) is 23.1 Å². The molecule has 2 heterocycles. The molecule has 0 bridgehead atoms. The van der Waals surface area contributed by atoms with Crippen molar-refractivity contribution in [3.05, 3.63) is 65.9 Å². The first-order chi connectivity index (χ1) is 13.4. The van der Waals surface area contributed by atoms with Gasteiger partial charge in [0, 0.05) is 12.1 Å². The maximum Gasteiger partial charge on any atom is 0.238 e. The minimum atomic E-state index is -3.65. The summed E-state index contributed by atoms with van der Waals surface area (Å²) in [5.41, 5.74) is 4.25. The number of fused-ring (bicyclic) bond motifs is 1. The number of sulfonamides is 1. The number of anilines is 1. The first-order valence-electron chi connectivity index (χ1n) is 8.67. The van der Waals surface area contributed by atoms with E-state index >= 15 is 0 Å². The summed E-state index contributed by atoms with van der Waals surface area (Å²) in [5, 5.41) is 13.8. The van der Waals surface area contributed by atoms with Gasteiger partial charge in [-0.3, -0.25) is 0 Å². The lowest BCUT2D eigenvalue weighted by Crippen LogP contribution is -2.12. The molecule has 0 amide bonds. The van der Waals surface area contributed by atoms with Gasteiger partial charge in [0.25, 0.3) is 0 Å². The van der Waals surface area contributed by atoms with Gasteiger partial charge in [0.05, 0.1) is 16.8 Å². The third-order valence-corrected chi connectivity index (χ3v) is 6.15. The van der Waals surface area contributed by atoms with Crippen LogP contribution >= 0.6 is 11.3 Å². The Morgan fingerprint density at radius 3 is 2.68 bits per heavy atom. The van der Waals surface area contributed by atoms with Gasteiger partial charge < -0.3 is 5.32 Å². The van der Waals surface area contributed by atoms with Gasteiger partial charge in [-0.05, 0) is 37.1 Å². The second kappa shape index (κ2) is 7.34. The minimum Gasteiger partial charge on any atom is -0.360 e. The van der Waals surface area contributed by atoms with Crippen molar-refractivity contribution in [1.82, 2.24) is 14.6 Å². The van der Waals surface area contributed by atoms with E-state index in [0.29, 0.717) is 6.54 Å². The number of benzene rings is 2. The molecule has 0 aliphatic carbocycles. The topological polar surface area (TPSA) is 102 Å². The lowest BCUT2D eigenvalue weighted by atomic mass is 10.1. The number of imidazole rings is 1. The summed E-state index contributed by atoms with van der Waals surface area (Å²) in [7, 11) is -3.65. The predicted octanol–water partition coefficient (Wildman–Crippen LogP) is 3.07. The number of nitrogens with one attached hydrogen (secondary N) is 1. The van der Waals surface area contributed by atoms with Gasteiger partial charge >= 0.3 is 0 Å². The smallest absolute Gasteiger partial charge is 0.238 e. The van der Waals surface area contributed by atoms with Crippen molar-refractivity contribution < 1.29 is 8.42 Å². The lowest BCUT2D eigenvalue weighted by molar-refractivity contribution is 0.598. The zero-order chi connectivity index (χ0) is 19.7. The molecular formula is C19H19N5O2S2. The van der Waals surface area contributed by atoms with Crippen LogP contribution in [0.3, 0.4) is 0 Å². The fourth-order valence-corrected chi connectivity index (χ4v) is 4.24. The lowest BCUT2D eigenvalue weighted by Gasteiger charge is -2.04. The maximum atomic E-state index is 11.3. The fraction of sp³-hybridized carbons (Fsp3) is 0.158. The highest BCUT2D eigenvalue weighted by atomic mass is 32.2. The second-order valence-corrected chi connectivity index (χ2v) is 9.00. The van der Waals surface area contributed by atoms with Crippen molar-refractivity contribution in [2.45, 2.75) is 18.2 Å². The van der Waals surface area contributed by atoms with E-state index in [1.807, 2.05) is 22.8 Å². The molecular weight excluding hydrogens is 394 g/mol. The van der Waals surface area contributed by atoms with Gasteiger partial charge in [-0.15, -0.1) is 5.10 Å². The van der Waals surface area contributed by atoms with E-state index in [0.717, 1.165) is 33.3 Å². The Balaban J connectivity index is 1.44. The van der Waals surface area contributed by atoms with E-state index < -0.39 is 10.0 Å². The number of nitrogens with two attached hydrogens (primary N) is 1. The molecule has 0 fully saturated rings. The van der Waals surface area contributed by atoms with Crippen molar-refractivity contribution in [3.63, 3.8) is 0 Å². The Bertz CT molecular complexity index is 1230. The quantitative estimate of drug-likeness (QED) is 0.506. The van der Waals surface area contributed by atoms with Gasteiger partial charge in [0.15, 0.2) is 0 Å². The molecule has 0 saturated carbocycles. The van der Waals surface area contributed by atoms with Crippen LogP contribution in [0.4, 0.5) is 5.13 Å². The largest absolute Gasteiger partial charge is 0.360 e. The van der Waals surface area contributed by atoms with Gasteiger partial charge in [0.2, 0.25) is 20.1 Å². The summed E-state index contributed by atoms with van der Waals surface area (Å²) in [6, 6.07) is 14.8. The van der Waals surface area contributed by atoms with Crippen LogP contribution in [0.5, 0.6) is 0 Å². The van der Waals surface area contributed by atoms with E-state index in [9.17, 15) is 8.42 Å². The van der Waals surface area contributed by atoms with Crippen LogP contribution in [0.1, 0.15) is 11.1 Å². The molecule has 0 aliphatic heterocycles. The summed E-state index contributed by atoms with van der Waals surface area (Å²) in [5.74, 6) is 0. The van der Waals surface area contributed by atoms with Crippen molar-refractivity contribution in [1.29, 1.82) is 0 Å². The summed E-state index contributed by atoms with van der Waals surface area (Å²) >= 11 is 1.49. The van der Waals surface area contributed by atoms with E-state index in [2.05, 4.69) is 34.5 Å². The number of primary sulfonamides is 1. The number of aromatic nitrogens is 3. The molecule has 0 radical (unpaired) electrons. The molecule has 4 aromatic rings. The number of hydrogen-bond acceptors (Lipinski definition) is 6. The molecule has 0 saturated heterocycles. The monoisotopic (exact) mass is 413 g/mol. The van der Waals surface area contributed by atoms with Crippen molar-refractivity contribution in [3.8, 4) is 11.3 Å². The van der Waals surface area contributed by atoms with E-state index in [1.165, 1.54) is 29.0 Å². The molecule has 7 nitrogen and oxygen atoms in total. The van der Waals surface area contributed by atoms with Crippen LogP contribution in [0.25, 0.3) is 16.2 Å². The Kier molecular flexibility index (Phi) is 4.88. The summed E-state index contributed by atoms with van der Waals surface area (Å²) < 4.78 is 24.5. The predicted molar refractivity (Wildman–Crippen MR) is 111 cm³/mol.